The molecule has 0 bridgehead atoms. The van der Waals surface area contributed by atoms with Crippen molar-refractivity contribution in [3.8, 4) is 0 Å². The predicted octanol–water partition coefficient (Wildman–Crippen LogP) is 8.03. The molecule has 1 aromatic heterocycles. The van der Waals surface area contributed by atoms with Crippen molar-refractivity contribution in [2.24, 2.45) is 0 Å². The number of anilines is 1. The molecule has 0 N–H and O–H groups in total. The van der Waals surface area contributed by atoms with Gasteiger partial charge in [-0.05, 0) is 85.6 Å². The number of unbranched alkanes of at least 4 members (excludes halogenated alkanes) is 3. The van der Waals surface area contributed by atoms with Crippen LogP contribution in [0.5, 0.6) is 0 Å². The minimum Gasteiger partial charge on any atom is -0.334 e. The van der Waals surface area contributed by atoms with Gasteiger partial charge in [0.2, 0.25) is 0 Å². The predicted molar refractivity (Wildman–Crippen MR) is 137 cm³/mol. The molecule has 1 fully saturated rings. The molecular weight excluding hydrogens is 410 g/mol. The van der Waals surface area contributed by atoms with Gasteiger partial charge in [0.15, 0.2) is 6.29 Å². The lowest BCUT2D eigenvalue weighted by atomic mass is 9.91. The third-order valence-corrected chi connectivity index (χ3v) is 8.43. The van der Waals surface area contributed by atoms with Crippen LogP contribution in [0.1, 0.15) is 84.0 Å². The zero-order valence-corrected chi connectivity index (χ0v) is 20.1. The molecule has 1 saturated carbocycles. The topological polar surface area (TPSA) is 20.3 Å². The highest BCUT2D eigenvalue weighted by Crippen LogP contribution is 2.50. The second-order valence-corrected chi connectivity index (χ2v) is 10.6. The summed E-state index contributed by atoms with van der Waals surface area (Å²) in [6.07, 6.45) is 16.6. The van der Waals surface area contributed by atoms with Gasteiger partial charge in [0.25, 0.3) is 0 Å². The number of carbonyl (C=O) groups excluding carboxylic acids is 1. The second-order valence-electron chi connectivity index (χ2n) is 9.47. The number of hydrogen-bond acceptors (Lipinski definition) is 3. The molecule has 0 spiro atoms. The van der Waals surface area contributed by atoms with E-state index in [0.717, 1.165) is 24.0 Å². The van der Waals surface area contributed by atoms with E-state index in [1.54, 1.807) is 22.5 Å². The molecule has 5 rings (SSSR count). The van der Waals surface area contributed by atoms with Crippen molar-refractivity contribution in [2.75, 3.05) is 4.90 Å². The van der Waals surface area contributed by atoms with Crippen LogP contribution in [0, 0.1) is 6.92 Å². The van der Waals surface area contributed by atoms with Gasteiger partial charge < -0.3 is 4.90 Å². The van der Waals surface area contributed by atoms with E-state index < -0.39 is 0 Å². The molecule has 2 aliphatic carbocycles. The minimum absolute atomic E-state index is 0.522. The lowest BCUT2D eigenvalue weighted by molar-refractivity contribution is 0.112. The summed E-state index contributed by atoms with van der Waals surface area (Å²) in [5, 5.41) is 0. The Bertz CT molecular complexity index is 1100. The van der Waals surface area contributed by atoms with Gasteiger partial charge in [0.1, 0.15) is 0 Å². The fourth-order valence-electron chi connectivity index (χ4n) is 5.64. The van der Waals surface area contributed by atoms with Crippen molar-refractivity contribution in [2.45, 2.75) is 77.7 Å². The second kappa shape index (κ2) is 9.23. The quantitative estimate of drug-likeness (QED) is 0.304. The summed E-state index contributed by atoms with van der Waals surface area (Å²) >= 11 is 1.69. The van der Waals surface area contributed by atoms with E-state index in [9.17, 15) is 4.79 Å². The molecule has 0 saturated heterocycles. The molecule has 32 heavy (non-hydrogen) atoms. The average Bonchev–Trinajstić information content (AvgIpc) is 3.51. The molecule has 2 nitrogen and oxygen atoms in total. The van der Waals surface area contributed by atoms with E-state index in [1.807, 2.05) is 0 Å². The molecule has 1 aromatic carbocycles. The maximum atomic E-state index is 11.6. The average molecular weight is 444 g/mol. The van der Waals surface area contributed by atoms with Crippen molar-refractivity contribution in [3.05, 3.63) is 80.2 Å². The normalized spacial score (nSPS) is 19.7. The van der Waals surface area contributed by atoms with E-state index >= 15 is 0 Å². The van der Waals surface area contributed by atoms with Crippen LogP contribution in [-0.4, -0.2) is 12.3 Å². The molecule has 166 valence electrons. The standard InChI is InChI=1S/C29H33NOS/c1-3-4-5-6-8-21-17-24(19-31)32-29(21)22-13-16-28-26(18-22)25-9-7-10-27(25)30(28)23-14-11-20(2)12-15-23/h11-17,19,27H,3-10,18H2,1-2H3. The Morgan fingerprint density at radius 3 is 2.75 bits per heavy atom. The van der Waals surface area contributed by atoms with Crippen molar-refractivity contribution in [3.63, 3.8) is 0 Å². The van der Waals surface area contributed by atoms with Crippen molar-refractivity contribution in [1.82, 2.24) is 0 Å². The van der Waals surface area contributed by atoms with Crippen molar-refractivity contribution < 1.29 is 4.79 Å². The van der Waals surface area contributed by atoms with Crippen LogP contribution in [0.15, 0.2) is 59.3 Å². The van der Waals surface area contributed by atoms with Crippen LogP contribution in [0.4, 0.5) is 5.69 Å². The van der Waals surface area contributed by atoms with Crippen LogP contribution in [0.3, 0.4) is 0 Å². The summed E-state index contributed by atoms with van der Waals surface area (Å²) in [6, 6.07) is 11.7. The number of aldehydes is 1. The lowest BCUT2D eigenvalue weighted by Crippen LogP contribution is -2.28. The van der Waals surface area contributed by atoms with E-state index in [0.29, 0.717) is 6.04 Å². The first-order valence-corrected chi connectivity index (χ1v) is 13.1. The van der Waals surface area contributed by atoms with E-state index in [2.05, 4.69) is 61.2 Å². The Morgan fingerprint density at radius 1 is 1.12 bits per heavy atom. The smallest absolute Gasteiger partial charge is 0.160 e. The summed E-state index contributed by atoms with van der Waals surface area (Å²) in [6.45, 7) is 4.41. The fraction of sp³-hybridized carbons (Fsp3) is 0.414. The number of rotatable bonds is 8. The van der Waals surface area contributed by atoms with Crippen LogP contribution in [-0.2, 0) is 6.42 Å². The zero-order chi connectivity index (χ0) is 22.1. The molecule has 3 heteroatoms. The number of thiophene rings is 1. The van der Waals surface area contributed by atoms with Crippen LogP contribution in [0.2, 0.25) is 0 Å². The molecule has 0 radical (unpaired) electrons. The maximum absolute atomic E-state index is 11.6. The van der Waals surface area contributed by atoms with Gasteiger partial charge in [0, 0.05) is 22.7 Å². The first-order chi connectivity index (χ1) is 15.7. The van der Waals surface area contributed by atoms with Gasteiger partial charge in [-0.15, -0.1) is 11.3 Å². The summed E-state index contributed by atoms with van der Waals surface area (Å²) in [7, 11) is 0. The molecule has 1 unspecified atom stereocenters. The monoisotopic (exact) mass is 443 g/mol. The number of hydrogen-bond donors (Lipinski definition) is 0. The Kier molecular flexibility index (Phi) is 6.19. The number of fused-ring (bicyclic) bond motifs is 2. The van der Waals surface area contributed by atoms with Crippen LogP contribution >= 0.6 is 11.3 Å². The largest absolute Gasteiger partial charge is 0.334 e. The Hall–Kier alpha value is -2.39. The van der Waals surface area contributed by atoms with Crippen molar-refractivity contribution in [1.29, 1.82) is 0 Å². The summed E-state index contributed by atoms with van der Waals surface area (Å²) in [4.78, 5) is 16.3. The highest BCUT2D eigenvalue weighted by molar-refractivity contribution is 7.14. The number of benzene rings is 1. The molecule has 3 aliphatic rings. The Morgan fingerprint density at radius 2 is 1.97 bits per heavy atom. The van der Waals surface area contributed by atoms with Gasteiger partial charge in [-0.3, -0.25) is 4.79 Å². The third kappa shape index (κ3) is 3.92. The lowest BCUT2D eigenvalue weighted by Gasteiger charge is -2.29. The maximum Gasteiger partial charge on any atom is 0.160 e. The molecule has 2 aromatic rings. The van der Waals surface area contributed by atoms with Gasteiger partial charge in [-0.25, -0.2) is 0 Å². The van der Waals surface area contributed by atoms with E-state index in [4.69, 9.17) is 0 Å². The van der Waals surface area contributed by atoms with Gasteiger partial charge in [-0.2, -0.15) is 0 Å². The molecule has 0 amide bonds. The minimum atomic E-state index is 0.522. The summed E-state index contributed by atoms with van der Waals surface area (Å²) in [5.74, 6) is 0. The number of allylic oxidation sites excluding steroid dienone is 4. The van der Waals surface area contributed by atoms with Crippen LogP contribution < -0.4 is 4.90 Å². The number of aryl methyl sites for hydroxylation is 2. The molecule has 2 heterocycles. The van der Waals surface area contributed by atoms with E-state index in [1.165, 1.54) is 77.9 Å². The first kappa shape index (κ1) is 21.5. The molecular formula is C29H33NOS. The number of nitrogens with zero attached hydrogens (tertiary/aromatic N) is 1. The van der Waals surface area contributed by atoms with Gasteiger partial charge in [0.05, 0.1) is 10.9 Å². The molecule has 1 aliphatic heterocycles. The third-order valence-electron chi connectivity index (χ3n) is 7.25. The Labute approximate surface area is 196 Å². The molecule has 1 atom stereocenters. The summed E-state index contributed by atoms with van der Waals surface area (Å²) in [5.41, 5.74) is 9.99. The first-order valence-electron chi connectivity index (χ1n) is 12.3. The van der Waals surface area contributed by atoms with Crippen LogP contribution in [0.25, 0.3) is 5.57 Å². The Balaban J connectivity index is 1.48. The van der Waals surface area contributed by atoms with Gasteiger partial charge in [-0.1, -0.05) is 50.0 Å². The highest BCUT2D eigenvalue weighted by atomic mass is 32.1. The van der Waals surface area contributed by atoms with Crippen molar-refractivity contribution >= 4 is 28.9 Å². The fourth-order valence-corrected chi connectivity index (χ4v) is 6.69. The SMILES string of the molecule is CCCCCCc1cc(C=O)sc1C1=CC=C2C(=C3CCCC3N2c2ccc(C)cc2)C1. The van der Waals surface area contributed by atoms with Gasteiger partial charge >= 0.3 is 0 Å². The highest BCUT2D eigenvalue weighted by Gasteiger charge is 2.40. The zero-order valence-electron chi connectivity index (χ0n) is 19.3. The summed E-state index contributed by atoms with van der Waals surface area (Å²) < 4.78 is 0. The van der Waals surface area contributed by atoms with E-state index in [-0.39, 0.29) is 0 Å². The number of carbonyl (C=O) groups is 1.